The van der Waals surface area contributed by atoms with E-state index in [1.807, 2.05) is 54.6 Å². The van der Waals surface area contributed by atoms with E-state index < -0.39 is 0 Å². The van der Waals surface area contributed by atoms with Crippen molar-refractivity contribution in [2.75, 3.05) is 24.6 Å². The largest absolute Gasteiger partial charge is 0.492 e. The smallest absolute Gasteiger partial charge is 0.230 e. The molecule has 2 aromatic carbocycles. The van der Waals surface area contributed by atoms with Gasteiger partial charge in [-0.3, -0.25) is 4.79 Å². The summed E-state index contributed by atoms with van der Waals surface area (Å²) in [6.07, 6.45) is 0. The van der Waals surface area contributed by atoms with Crippen molar-refractivity contribution in [1.29, 1.82) is 0 Å². The molecule has 0 atom stereocenters. The number of benzene rings is 2. The highest BCUT2D eigenvalue weighted by molar-refractivity contribution is 8.00. The molecular weight excluding hydrogens is 284 g/mol. The highest BCUT2D eigenvalue weighted by Crippen LogP contribution is 2.18. The second-order valence-corrected chi connectivity index (χ2v) is 5.42. The Morgan fingerprint density at radius 1 is 1.10 bits per heavy atom. The Morgan fingerprint density at radius 2 is 1.81 bits per heavy atom. The van der Waals surface area contributed by atoms with Gasteiger partial charge in [-0.05, 0) is 36.4 Å². The molecule has 5 heteroatoms. The number of carbonyl (C=O) groups is 1. The lowest BCUT2D eigenvalue weighted by Crippen LogP contribution is -2.29. The molecule has 0 aliphatic heterocycles. The van der Waals surface area contributed by atoms with Crippen LogP contribution in [0.2, 0.25) is 0 Å². The molecule has 0 spiro atoms. The van der Waals surface area contributed by atoms with Crippen molar-refractivity contribution in [3.05, 3.63) is 54.6 Å². The van der Waals surface area contributed by atoms with Gasteiger partial charge in [0.25, 0.3) is 0 Å². The second-order valence-electron chi connectivity index (χ2n) is 4.37. The topological polar surface area (TPSA) is 64.4 Å². The van der Waals surface area contributed by atoms with Crippen molar-refractivity contribution in [3.8, 4) is 5.75 Å². The molecule has 0 heterocycles. The van der Waals surface area contributed by atoms with Gasteiger partial charge in [-0.2, -0.15) is 0 Å². The van der Waals surface area contributed by atoms with E-state index in [4.69, 9.17) is 10.5 Å². The van der Waals surface area contributed by atoms with Crippen LogP contribution in [-0.2, 0) is 4.79 Å². The molecule has 0 fully saturated rings. The maximum absolute atomic E-state index is 11.7. The van der Waals surface area contributed by atoms with E-state index in [9.17, 15) is 4.79 Å². The Morgan fingerprint density at radius 3 is 2.52 bits per heavy atom. The van der Waals surface area contributed by atoms with Crippen molar-refractivity contribution in [1.82, 2.24) is 5.32 Å². The maximum atomic E-state index is 11.7. The minimum atomic E-state index is -0.00603. The Hall–Kier alpha value is -2.14. The monoisotopic (exact) mass is 302 g/mol. The van der Waals surface area contributed by atoms with E-state index in [0.717, 1.165) is 16.3 Å². The Kier molecular flexibility index (Phi) is 5.97. The van der Waals surface area contributed by atoms with Gasteiger partial charge >= 0.3 is 0 Å². The van der Waals surface area contributed by atoms with Gasteiger partial charge in [-0.15, -0.1) is 11.8 Å². The molecule has 0 saturated carbocycles. The van der Waals surface area contributed by atoms with Gasteiger partial charge in [0, 0.05) is 10.6 Å². The fourth-order valence-corrected chi connectivity index (χ4v) is 2.37. The molecule has 0 unspecified atom stereocenters. The third-order valence-electron chi connectivity index (χ3n) is 2.69. The van der Waals surface area contributed by atoms with Crippen LogP contribution in [0.3, 0.4) is 0 Å². The predicted octanol–water partition coefficient (Wildman–Crippen LogP) is 2.56. The highest BCUT2D eigenvalue weighted by atomic mass is 32.2. The molecule has 4 nitrogen and oxygen atoms in total. The fourth-order valence-electron chi connectivity index (χ4n) is 1.64. The first-order chi connectivity index (χ1) is 10.2. The lowest BCUT2D eigenvalue weighted by molar-refractivity contribution is -0.118. The van der Waals surface area contributed by atoms with E-state index in [1.54, 1.807) is 0 Å². The number of thioether (sulfide) groups is 1. The molecule has 110 valence electrons. The molecule has 3 N–H and O–H groups in total. The number of nitrogen functional groups attached to an aromatic ring is 1. The van der Waals surface area contributed by atoms with Crippen LogP contribution < -0.4 is 15.8 Å². The van der Waals surface area contributed by atoms with Crippen molar-refractivity contribution >= 4 is 23.4 Å². The number of anilines is 1. The second kappa shape index (κ2) is 8.21. The van der Waals surface area contributed by atoms with Crippen LogP contribution in [0, 0.1) is 0 Å². The number of para-hydroxylation sites is 1. The molecule has 0 aliphatic rings. The number of hydrogen-bond acceptors (Lipinski definition) is 4. The van der Waals surface area contributed by atoms with Crippen molar-refractivity contribution in [2.45, 2.75) is 4.90 Å². The summed E-state index contributed by atoms with van der Waals surface area (Å²) in [6, 6.07) is 17.0. The van der Waals surface area contributed by atoms with E-state index in [0.29, 0.717) is 18.9 Å². The molecule has 0 saturated heterocycles. The number of nitrogens with one attached hydrogen (secondary N) is 1. The Bertz CT molecular complexity index is 558. The molecule has 0 aromatic heterocycles. The van der Waals surface area contributed by atoms with Gasteiger partial charge in [0.1, 0.15) is 12.4 Å². The summed E-state index contributed by atoms with van der Waals surface area (Å²) in [5, 5.41) is 2.83. The SMILES string of the molecule is Nc1ccc(SCC(=O)NCCOc2ccccc2)cc1. The van der Waals surface area contributed by atoms with Crippen molar-refractivity contribution in [3.63, 3.8) is 0 Å². The van der Waals surface area contributed by atoms with Crippen LogP contribution in [0.15, 0.2) is 59.5 Å². The molecule has 21 heavy (non-hydrogen) atoms. The summed E-state index contributed by atoms with van der Waals surface area (Å²) in [5.41, 5.74) is 6.33. The van der Waals surface area contributed by atoms with Gasteiger partial charge in [-0.25, -0.2) is 0 Å². The zero-order valence-corrected chi connectivity index (χ0v) is 12.4. The third kappa shape index (κ3) is 5.79. The molecule has 2 rings (SSSR count). The van der Waals surface area contributed by atoms with Gasteiger partial charge in [0.2, 0.25) is 5.91 Å². The molecule has 2 aromatic rings. The number of amides is 1. The summed E-state index contributed by atoms with van der Waals surface area (Å²) in [6.45, 7) is 0.957. The van der Waals surface area contributed by atoms with Crippen molar-refractivity contribution in [2.24, 2.45) is 0 Å². The standard InChI is InChI=1S/C16H18N2O2S/c17-13-6-8-15(9-7-13)21-12-16(19)18-10-11-20-14-4-2-1-3-5-14/h1-9H,10-12,17H2,(H,18,19). The first-order valence-electron chi connectivity index (χ1n) is 6.67. The zero-order chi connectivity index (χ0) is 14.9. The van der Waals surface area contributed by atoms with Crippen LogP contribution >= 0.6 is 11.8 Å². The minimum Gasteiger partial charge on any atom is -0.492 e. The van der Waals surface area contributed by atoms with Crippen LogP contribution in [0.1, 0.15) is 0 Å². The summed E-state index contributed by atoms with van der Waals surface area (Å²) in [7, 11) is 0. The fraction of sp³-hybridized carbons (Fsp3) is 0.188. The van der Waals surface area contributed by atoms with Gasteiger partial charge in [0.05, 0.1) is 12.3 Å². The predicted molar refractivity (Wildman–Crippen MR) is 86.5 cm³/mol. The number of carbonyl (C=O) groups excluding carboxylic acids is 1. The summed E-state index contributed by atoms with van der Waals surface area (Å²) in [5.74, 6) is 1.19. The molecular formula is C16H18N2O2S. The van der Waals surface area contributed by atoms with Crippen LogP contribution in [0.5, 0.6) is 5.75 Å². The van der Waals surface area contributed by atoms with E-state index >= 15 is 0 Å². The average Bonchev–Trinajstić information content (AvgIpc) is 2.52. The first-order valence-corrected chi connectivity index (χ1v) is 7.65. The van der Waals surface area contributed by atoms with E-state index in [-0.39, 0.29) is 5.91 Å². The number of hydrogen-bond donors (Lipinski definition) is 2. The Labute approximate surface area is 128 Å². The quantitative estimate of drug-likeness (QED) is 0.469. The minimum absolute atomic E-state index is 0.00603. The highest BCUT2D eigenvalue weighted by Gasteiger charge is 2.02. The molecule has 0 radical (unpaired) electrons. The molecule has 0 bridgehead atoms. The third-order valence-corrected chi connectivity index (χ3v) is 3.70. The van der Waals surface area contributed by atoms with Crippen LogP contribution in [-0.4, -0.2) is 24.8 Å². The summed E-state index contributed by atoms with van der Waals surface area (Å²) >= 11 is 1.48. The average molecular weight is 302 g/mol. The van der Waals surface area contributed by atoms with Crippen LogP contribution in [0.4, 0.5) is 5.69 Å². The number of nitrogens with two attached hydrogens (primary N) is 1. The van der Waals surface area contributed by atoms with E-state index in [2.05, 4.69) is 5.32 Å². The number of ether oxygens (including phenoxy) is 1. The summed E-state index contributed by atoms with van der Waals surface area (Å²) < 4.78 is 5.50. The maximum Gasteiger partial charge on any atom is 0.230 e. The Balaban J connectivity index is 1.60. The first kappa shape index (κ1) is 15.3. The lowest BCUT2D eigenvalue weighted by Gasteiger charge is -2.07. The molecule has 0 aliphatic carbocycles. The van der Waals surface area contributed by atoms with Crippen molar-refractivity contribution < 1.29 is 9.53 Å². The lowest BCUT2D eigenvalue weighted by atomic mass is 10.3. The normalized spacial score (nSPS) is 10.1. The van der Waals surface area contributed by atoms with Gasteiger partial charge < -0.3 is 15.8 Å². The van der Waals surface area contributed by atoms with Crippen LogP contribution in [0.25, 0.3) is 0 Å². The van der Waals surface area contributed by atoms with Gasteiger partial charge in [0.15, 0.2) is 0 Å². The van der Waals surface area contributed by atoms with Gasteiger partial charge in [-0.1, -0.05) is 18.2 Å². The zero-order valence-electron chi connectivity index (χ0n) is 11.6. The van der Waals surface area contributed by atoms with E-state index in [1.165, 1.54) is 11.8 Å². The number of rotatable bonds is 7. The molecule has 1 amide bonds. The summed E-state index contributed by atoms with van der Waals surface area (Å²) in [4.78, 5) is 12.7.